The topological polar surface area (TPSA) is 35.5 Å². The molecule has 0 spiro atoms. The van der Waals surface area contributed by atoms with Crippen LogP contribution in [0.15, 0.2) is 42.5 Å². The van der Waals surface area contributed by atoms with E-state index in [2.05, 4.69) is 0 Å². The third-order valence-electron chi connectivity index (χ3n) is 2.51. The van der Waals surface area contributed by atoms with E-state index >= 15 is 0 Å². The minimum absolute atomic E-state index is 0.158. The molecule has 0 fully saturated rings. The van der Waals surface area contributed by atoms with Crippen LogP contribution in [0.2, 0.25) is 0 Å². The average Bonchev–Trinajstić information content (AvgIpc) is 2.37. The molecule has 1 aliphatic heterocycles. The molecule has 1 atom stereocenters. The van der Waals surface area contributed by atoms with Crippen LogP contribution in [0, 0.1) is 0 Å². The van der Waals surface area contributed by atoms with E-state index in [4.69, 9.17) is 9.47 Å². The molecule has 0 aliphatic carbocycles. The molecule has 3 nitrogen and oxygen atoms in total. The summed E-state index contributed by atoms with van der Waals surface area (Å²) in [4.78, 5) is 11.0. The number of carbonyl (C=O) groups excluding carboxylic acids is 1. The van der Waals surface area contributed by atoms with Crippen LogP contribution < -0.4 is 4.74 Å². The van der Waals surface area contributed by atoms with Gasteiger partial charge in [-0.25, -0.2) is 4.79 Å². The second-order valence-corrected chi connectivity index (χ2v) is 3.75. The third kappa shape index (κ3) is 3.21. The van der Waals surface area contributed by atoms with Gasteiger partial charge in [0.15, 0.2) is 0 Å². The molecule has 0 bridgehead atoms. The Balaban J connectivity index is 1.99. The molecule has 0 amide bonds. The normalized spacial score (nSPS) is 19.4. The zero-order valence-electron chi connectivity index (χ0n) is 9.63. The fraction of sp³-hybridized carbons (Fsp3) is 0.214. The van der Waals surface area contributed by atoms with Crippen molar-refractivity contribution >= 4 is 12.0 Å². The van der Waals surface area contributed by atoms with Crippen LogP contribution in [0.5, 0.6) is 5.75 Å². The first-order chi connectivity index (χ1) is 8.28. The van der Waals surface area contributed by atoms with Crippen LogP contribution in [-0.4, -0.2) is 19.2 Å². The van der Waals surface area contributed by atoms with Crippen molar-refractivity contribution in [3.8, 4) is 5.75 Å². The third-order valence-corrected chi connectivity index (χ3v) is 2.51. The average molecular weight is 230 g/mol. The fourth-order valence-corrected chi connectivity index (χ4v) is 1.59. The molecule has 1 aromatic carbocycles. The van der Waals surface area contributed by atoms with Gasteiger partial charge in [-0.1, -0.05) is 24.3 Å². The van der Waals surface area contributed by atoms with Crippen LogP contribution in [0.3, 0.4) is 0 Å². The second-order valence-electron chi connectivity index (χ2n) is 3.75. The molecule has 0 N–H and O–H groups in total. The van der Waals surface area contributed by atoms with Gasteiger partial charge in [0.05, 0.1) is 7.11 Å². The molecule has 0 saturated carbocycles. The molecule has 1 aliphatic rings. The summed E-state index contributed by atoms with van der Waals surface area (Å²) in [6.07, 6.45) is 7.69. The zero-order chi connectivity index (χ0) is 12.1. The van der Waals surface area contributed by atoms with E-state index in [1.165, 1.54) is 6.08 Å². The molecule has 0 unspecified atom stereocenters. The number of ether oxygens (including phenoxy) is 2. The van der Waals surface area contributed by atoms with E-state index in [0.717, 1.165) is 17.7 Å². The van der Waals surface area contributed by atoms with E-state index in [1.807, 2.05) is 42.5 Å². The fourth-order valence-electron chi connectivity index (χ4n) is 1.59. The van der Waals surface area contributed by atoms with E-state index in [1.54, 1.807) is 7.11 Å². The minimum Gasteiger partial charge on any atom is -0.497 e. The highest BCUT2D eigenvalue weighted by molar-refractivity contribution is 5.83. The lowest BCUT2D eigenvalue weighted by Gasteiger charge is -2.14. The van der Waals surface area contributed by atoms with Crippen LogP contribution in [-0.2, 0) is 9.53 Å². The first-order valence-corrected chi connectivity index (χ1v) is 5.47. The molecule has 0 saturated heterocycles. The summed E-state index contributed by atoms with van der Waals surface area (Å²) in [7, 11) is 1.64. The van der Waals surface area contributed by atoms with E-state index < -0.39 is 0 Å². The van der Waals surface area contributed by atoms with Gasteiger partial charge in [-0.05, 0) is 23.8 Å². The highest BCUT2D eigenvalue weighted by Crippen LogP contribution is 2.14. The summed E-state index contributed by atoms with van der Waals surface area (Å²) in [6.45, 7) is 0. The van der Waals surface area contributed by atoms with Gasteiger partial charge in [-0.3, -0.25) is 0 Å². The molecule has 88 valence electrons. The summed E-state index contributed by atoms with van der Waals surface area (Å²) in [6, 6.07) is 7.70. The Bertz CT molecular complexity index is 443. The van der Waals surface area contributed by atoms with Crippen LogP contribution in [0.4, 0.5) is 0 Å². The molecule has 1 heterocycles. The van der Waals surface area contributed by atoms with Crippen molar-refractivity contribution in [2.45, 2.75) is 12.5 Å². The summed E-state index contributed by atoms with van der Waals surface area (Å²) in [5.41, 5.74) is 1.05. The second kappa shape index (κ2) is 5.34. The lowest BCUT2D eigenvalue weighted by atomic mass is 10.1. The highest BCUT2D eigenvalue weighted by Gasteiger charge is 2.11. The maximum Gasteiger partial charge on any atom is 0.331 e. The van der Waals surface area contributed by atoms with Crippen molar-refractivity contribution in [3.05, 3.63) is 48.1 Å². The first-order valence-electron chi connectivity index (χ1n) is 5.47. The molecule has 3 heteroatoms. The quantitative estimate of drug-likeness (QED) is 0.749. The van der Waals surface area contributed by atoms with Crippen molar-refractivity contribution < 1.29 is 14.3 Å². The Morgan fingerprint density at radius 2 is 2.12 bits per heavy atom. The van der Waals surface area contributed by atoms with Gasteiger partial charge in [-0.15, -0.1) is 0 Å². The van der Waals surface area contributed by atoms with Gasteiger partial charge >= 0.3 is 5.97 Å². The van der Waals surface area contributed by atoms with Crippen molar-refractivity contribution in [1.82, 2.24) is 0 Å². The molecule has 1 aromatic rings. The largest absolute Gasteiger partial charge is 0.497 e. The molecule has 0 aromatic heterocycles. The van der Waals surface area contributed by atoms with E-state index in [0.29, 0.717) is 0 Å². The number of carbonyl (C=O) groups is 1. The number of cyclic esters (lactones) is 1. The molecular weight excluding hydrogens is 216 g/mol. The highest BCUT2D eigenvalue weighted by atomic mass is 16.5. The van der Waals surface area contributed by atoms with Gasteiger partial charge in [0, 0.05) is 12.5 Å². The SMILES string of the molecule is COc1ccc(/C=C/[C@@H]2CC=CC(=O)O2)cc1. The summed E-state index contributed by atoms with van der Waals surface area (Å²) < 4.78 is 10.2. The van der Waals surface area contributed by atoms with Crippen LogP contribution in [0.25, 0.3) is 6.08 Å². The van der Waals surface area contributed by atoms with Crippen molar-refractivity contribution in [2.24, 2.45) is 0 Å². The van der Waals surface area contributed by atoms with Crippen molar-refractivity contribution in [1.29, 1.82) is 0 Å². The maximum absolute atomic E-state index is 11.0. The summed E-state index contributed by atoms with van der Waals surface area (Å²) in [5.74, 6) is 0.551. The number of methoxy groups -OCH3 is 1. The maximum atomic E-state index is 11.0. The predicted molar refractivity (Wildman–Crippen MR) is 65.7 cm³/mol. The Kier molecular flexibility index (Phi) is 3.60. The standard InChI is InChI=1S/C14H14O3/c1-16-12-8-5-11(6-9-12)7-10-13-3-2-4-14(15)17-13/h2,4-10,13H,3H2,1H3/b10-7+/t13-/m0/s1. The lowest BCUT2D eigenvalue weighted by molar-refractivity contribution is -0.141. The van der Waals surface area contributed by atoms with Crippen molar-refractivity contribution in [2.75, 3.05) is 7.11 Å². The zero-order valence-corrected chi connectivity index (χ0v) is 9.63. The van der Waals surface area contributed by atoms with Gasteiger partial charge in [0.2, 0.25) is 0 Å². The number of hydrogen-bond acceptors (Lipinski definition) is 3. The Hall–Kier alpha value is -2.03. The molecular formula is C14H14O3. The number of hydrogen-bond donors (Lipinski definition) is 0. The first kappa shape index (κ1) is 11.5. The van der Waals surface area contributed by atoms with Crippen LogP contribution >= 0.6 is 0 Å². The number of benzene rings is 1. The lowest BCUT2D eigenvalue weighted by Crippen LogP contribution is -2.17. The van der Waals surface area contributed by atoms with E-state index in [9.17, 15) is 4.79 Å². The summed E-state index contributed by atoms with van der Waals surface area (Å²) >= 11 is 0. The van der Waals surface area contributed by atoms with Gasteiger partial charge < -0.3 is 9.47 Å². The molecule has 0 radical (unpaired) electrons. The molecule has 17 heavy (non-hydrogen) atoms. The number of esters is 1. The Labute approximate surface area is 100 Å². The van der Waals surface area contributed by atoms with Crippen molar-refractivity contribution in [3.63, 3.8) is 0 Å². The summed E-state index contributed by atoms with van der Waals surface area (Å²) in [5, 5.41) is 0. The van der Waals surface area contributed by atoms with Gasteiger partial charge in [0.25, 0.3) is 0 Å². The Morgan fingerprint density at radius 3 is 2.76 bits per heavy atom. The molecule has 2 rings (SSSR count). The van der Waals surface area contributed by atoms with Crippen LogP contribution in [0.1, 0.15) is 12.0 Å². The monoisotopic (exact) mass is 230 g/mol. The van der Waals surface area contributed by atoms with Gasteiger partial charge in [0.1, 0.15) is 11.9 Å². The predicted octanol–water partition coefficient (Wildman–Crippen LogP) is 2.58. The minimum atomic E-state index is -0.277. The number of rotatable bonds is 3. The van der Waals surface area contributed by atoms with E-state index in [-0.39, 0.29) is 12.1 Å². The van der Waals surface area contributed by atoms with Gasteiger partial charge in [-0.2, -0.15) is 0 Å². The Morgan fingerprint density at radius 1 is 1.35 bits per heavy atom. The smallest absolute Gasteiger partial charge is 0.331 e.